The van der Waals surface area contributed by atoms with Crippen molar-refractivity contribution in [2.24, 2.45) is 11.8 Å². The quantitative estimate of drug-likeness (QED) is 0.380. The SMILES string of the molecule is C[C@H]1CN(C(=O)C2CCOCC2)CCN1[C@H]1C[C@@H](C(=O)Nc2nc3ccc(-c4cnc(CO[C@H]5CCC[C@@H]5O)nc4)cc3s2)C1. The largest absolute Gasteiger partial charge is 0.390 e. The number of nitrogens with zero attached hydrogens (tertiary/aromatic N) is 5. The van der Waals surface area contributed by atoms with Gasteiger partial charge < -0.3 is 24.8 Å². The molecule has 4 heterocycles. The Kier molecular flexibility index (Phi) is 9.10. The topological polar surface area (TPSA) is 130 Å². The van der Waals surface area contributed by atoms with E-state index in [1.165, 1.54) is 11.3 Å². The Morgan fingerprint density at radius 1 is 1.07 bits per heavy atom. The molecule has 2 N–H and O–H groups in total. The molecule has 4 fully saturated rings. The van der Waals surface area contributed by atoms with Crippen LogP contribution in [0.2, 0.25) is 0 Å². The van der Waals surface area contributed by atoms with Crippen molar-refractivity contribution in [3.05, 3.63) is 36.4 Å². The van der Waals surface area contributed by atoms with Crippen LogP contribution in [-0.4, -0.2) is 98.8 Å². The first kappa shape index (κ1) is 30.6. The average molecular weight is 635 g/mol. The van der Waals surface area contributed by atoms with Crippen molar-refractivity contribution >= 4 is 38.5 Å². The Labute approximate surface area is 267 Å². The van der Waals surface area contributed by atoms with E-state index in [-0.39, 0.29) is 42.4 Å². The number of ether oxygens (including phenoxy) is 2. The lowest BCUT2D eigenvalue weighted by Gasteiger charge is -2.49. The highest BCUT2D eigenvalue weighted by Gasteiger charge is 2.42. The molecule has 2 aliphatic heterocycles. The molecule has 1 aromatic carbocycles. The van der Waals surface area contributed by atoms with Crippen LogP contribution in [0.25, 0.3) is 21.3 Å². The summed E-state index contributed by atoms with van der Waals surface area (Å²) in [5, 5.41) is 13.6. The molecule has 240 valence electrons. The molecule has 2 aromatic heterocycles. The van der Waals surface area contributed by atoms with Gasteiger partial charge in [-0.1, -0.05) is 17.4 Å². The van der Waals surface area contributed by atoms with Crippen LogP contribution in [0, 0.1) is 11.8 Å². The summed E-state index contributed by atoms with van der Waals surface area (Å²) in [6.45, 7) is 6.24. The molecule has 11 nitrogen and oxygen atoms in total. The molecule has 0 unspecified atom stereocenters. The van der Waals surface area contributed by atoms with Gasteiger partial charge >= 0.3 is 0 Å². The summed E-state index contributed by atoms with van der Waals surface area (Å²) in [5.41, 5.74) is 2.71. The predicted octanol–water partition coefficient (Wildman–Crippen LogP) is 3.86. The first-order valence-corrected chi connectivity index (χ1v) is 17.2. The zero-order valence-electron chi connectivity index (χ0n) is 25.8. The number of nitrogens with one attached hydrogen (secondary N) is 1. The van der Waals surface area contributed by atoms with Gasteiger partial charge in [-0.3, -0.25) is 14.5 Å². The standard InChI is InChI=1S/C33H42N6O5S/c1-20-18-38(32(42)21-7-11-43-12-8-21)9-10-39(20)25-13-23(14-25)31(41)37-33-36-26-6-5-22(15-29(26)45-33)24-16-34-30(35-17-24)19-44-28-4-2-3-27(28)40/h5-6,15-17,20-21,23,25,27-28,40H,2-4,7-14,18-19H2,1H3,(H,36,37,41)/t20-,23-,25+,27-,28-/m0/s1. The molecule has 45 heavy (non-hydrogen) atoms. The summed E-state index contributed by atoms with van der Waals surface area (Å²) in [5.74, 6) is 0.989. The molecule has 4 aliphatic rings. The number of carbonyl (C=O) groups is 2. The lowest BCUT2D eigenvalue weighted by molar-refractivity contribution is -0.143. The Morgan fingerprint density at radius 2 is 1.87 bits per heavy atom. The van der Waals surface area contributed by atoms with Gasteiger partial charge in [0.1, 0.15) is 6.61 Å². The van der Waals surface area contributed by atoms with Gasteiger partial charge in [0.15, 0.2) is 11.0 Å². The minimum Gasteiger partial charge on any atom is -0.390 e. The van der Waals surface area contributed by atoms with Crippen molar-refractivity contribution in [3.8, 4) is 11.1 Å². The van der Waals surface area contributed by atoms with E-state index in [0.29, 0.717) is 30.2 Å². The highest BCUT2D eigenvalue weighted by atomic mass is 32.1. The Bertz CT molecular complexity index is 1500. The minimum atomic E-state index is -0.396. The van der Waals surface area contributed by atoms with E-state index < -0.39 is 6.10 Å². The van der Waals surface area contributed by atoms with E-state index in [4.69, 9.17) is 9.47 Å². The Morgan fingerprint density at radius 3 is 2.60 bits per heavy atom. The maximum Gasteiger partial charge on any atom is 0.229 e. The average Bonchev–Trinajstić information content (AvgIpc) is 3.64. The maximum atomic E-state index is 13.1. The van der Waals surface area contributed by atoms with E-state index in [2.05, 4.69) is 38.2 Å². The van der Waals surface area contributed by atoms with Gasteiger partial charge in [0.05, 0.1) is 22.4 Å². The van der Waals surface area contributed by atoms with Crippen molar-refractivity contribution in [2.75, 3.05) is 38.2 Å². The molecule has 2 aliphatic carbocycles. The van der Waals surface area contributed by atoms with Crippen LogP contribution in [0.15, 0.2) is 30.6 Å². The Balaban J connectivity index is 0.894. The normalized spacial score (nSPS) is 27.9. The van der Waals surface area contributed by atoms with Crippen molar-refractivity contribution < 1.29 is 24.2 Å². The lowest BCUT2D eigenvalue weighted by Crippen LogP contribution is -2.60. The second kappa shape index (κ2) is 13.4. The Hall–Kier alpha value is -3.03. The van der Waals surface area contributed by atoms with Crippen LogP contribution in [0.5, 0.6) is 0 Å². The molecule has 0 radical (unpaired) electrons. The van der Waals surface area contributed by atoms with E-state index >= 15 is 0 Å². The van der Waals surface area contributed by atoms with E-state index in [0.717, 1.165) is 85.9 Å². The number of anilines is 1. The third-order valence-electron chi connectivity index (χ3n) is 10.0. The number of amides is 2. The predicted molar refractivity (Wildman–Crippen MR) is 171 cm³/mol. The van der Waals surface area contributed by atoms with Gasteiger partial charge in [-0.25, -0.2) is 15.0 Å². The van der Waals surface area contributed by atoms with Gasteiger partial charge in [-0.05, 0) is 69.6 Å². The van der Waals surface area contributed by atoms with Gasteiger partial charge in [0.2, 0.25) is 11.8 Å². The second-order valence-corrected chi connectivity index (χ2v) is 14.0. The van der Waals surface area contributed by atoms with Gasteiger partial charge in [0, 0.05) is 74.7 Å². The molecular formula is C33H42N6O5S. The van der Waals surface area contributed by atoms with Crippen LogP contribution >= 0.6 is 11.3 Å². The number of hydrogen-bond acceptors (Lipinski definition) is 10. The number of hydrogen-bond donors (Lipinski definition) is 2. The van der Waals surface area contributed by atoms with Gasteiger partial charge in [-0.15, -0.1) is 0 Å². The van der Waals surface area contributed by atoms with E-state index in [9.17, 15) is 14.7 Å². The van der Waals surface area contributed by atoms with E-state index in [1.54, 1.807) is 12.4 Å². The summed E-state index contributed by atoms with van der Waals surface area (Å²) < 4.78 is 12.2. The number of aliphatic hydroxyl groups excluding tert-OH is 1. The van der Waals surface area contributed by atoms with Crippen molar-refractivity contribution in [1.29, 1.82) is 0 Å². The molecular weight excluding hydrogens is 592 g/mol. The zero-order valence-corrected chi connectivity index (χ0v) is 26.6. The molecule has 3 atom stereocenters. The summed E-state index contributed by atoms with van der Waals surface area (Å²) >= 11 is 1.47. The second-order valence-electron chi connectivity index (χ2n) is 13.0. The van der Waals surface area contributed by atoms with Gasteiger partial charge in [-0.2, -0.15) is 0 Å². The monoisotopic (exact) mass is 634 g/mol. The number of aliphatic hydroxyl groups is 1. The van der Waals surface area contributed by atoms with Crippen molar-refractivity contribution in [1.82, 2.24) is 24.8 Å². The number of piperazine rings is 1. The molecule has 2 saturated carbocycles. The van der Waals surface area contributed by atoms with Crippen LogP contribution in [0.1, 0.15) is 57.7 Å². The van der Waals surface area contributed by atoms with Crippen LogP contribution in [0.4, 0.5) is 5.13 Å². The molecule has 0 spiro atoms. The third-order valence-corrected chi connectivity index (χ3v) is 10.9. The van der Waals surface area contributed by atoms with Gasteiger partial charge in [0.25, 0.3) is 0 Å². The first-order valence-electron chi connectivity index (χ1n) is 16.4. The molecule has 2 amide bonds. The first-order chi connectivity index (χ1) is 21.9. The summed E-state index contributed by atoms with van der Waals surface area (Å²) in [6.07, 6.45) is 9.02. The molecule has 12 heteroatoms. The zero-order chi connectivity index (χ0) is 30.9. The number of aromatic nitrogens is 3. The summed E-state index contributed by atoms with van der Waals surface area (Å²) in [4.78, 5) is 44.2. The number of fused-ring (bicyclic) bond motifs is 1. The fraction of sp³-hybridized carbons (Fsp3) is 0.606. The molecule has 3 aromatic rings. The number of benzene rings is 1. The highest BCUT2D eigenvalue weighted by molar-refractivity contribution is 7.22. The summed E-state index contributed by atoms with van der Waals surface area (Å²) in [6, 6.07) is 6.67. The van der Waals surface area contributed by atoms with E-state index in [1.807, 2.05) is 17.0 Å². The minimum absolute atomic E-state index is 0.0248. The highest BCUT2D eigenvalue weighted by Crippen LogP contribution is 2.36. The lowest BCUT2D eigenvalue weighted by atomic mass is 9.78. The van der Waals surface area contributed by atoms with Crippen LogP contribution in [0.3, 0.4) is 0 Å². The maximum absolute atomic E-state index is 13.1. The molecule has 7 rings (SSSR count). The summed E-state index contributed by atoms with van der Waals surface area (Å²) in [7, 11) is 0. The molecule has 2 saturated heterocycles. The third kappa shape index (κ3) is 6.76. The number of thiazole rings is 1. The van der Waals surface area contributed by atoms with Crippen LogP contribution in [-0.2, 0) is 25.7 Å². The fourth-order valence-electron chi connectivity index (χ4n) is 7.22. The smallest absolute Gasteiger partial charge is 0.229 e. The van der Waals surface area contributed by atoms with Crippen molar-refractivity contribution in [2.45, 2.75) is 82.8 Å². The number of carbonyl (C=O) groups excluding carboxylic acids is 2. The van der Waals surface area contributed by atoms with Crippen LogP contribution < -0.4 is 5.32 Å². The molecule has 0 bridgehead atoms. The van der Waals surface area contributed by atoms with Crippen molar-refractivity contribution in [3.63, 3.8) is 0 Å². The fourth-order valence-corrected chi connectivity index (χ4v) is 8.12. The number of rotatable bonds is 8.